The highest BCUT2D eigenvalue weighted by Crippen LogP contribution is 2.20. The fraction of sp³-hybridized carbons (Fsp3) is 0.429. The molecule has 0 aromatic heterocycles. The largest absolute Gasteiger partial charge is 0.482 e. The van der Waals surface area contributed by atoms with Crippen LogP contribution in [0.4, 0.5) is 0 Å². The smallest absolute Gasteiger partial charge is 0.344 e. The van der Waals surface area contributed by atoms with Crippen molar-refractivity contribution in [3.8, 4) is 5.75 Å². The Bertz CT molecular complexity index is 489. The first kappa shape index (κ1) is 15.5. The van der Waals surface area contributed by atoms with Crippen LogP contribution < -0.4 is 4.74 Å². The van der Waals surface area contributed by atoms with Gasteiger partial charge in [-0.3, -0.25) is 4.79 Å². The van der Waals surface area contributed by atoms with Gasteiger partial charge >= 0.3 is 5.97 Å². The Morgan fingerprint density at radius 2 is 1.89 bits per heavy atom. The van der Waals surface area contributed by atoms with E-state index in [0.717, 1.165) is 5.56 Å². The van der Waals surface area contributed by atoms with Crippen molar-refractivity contribution in [1.29, 1.82) is 0 Å². The highest BCUT2D eigenvalue weighted by atomic mass is 35.5. The van der Waals surface area contributed by atoms with Crippen molar-refractivity contribution in [1.82, 2.24) is 0 Å². The van der Waals surface area contributed by atoms with Gasteiger partial charge in [-0.2, -0.15) is 0 Å². The summed E-state index contributed by atoms with van der Waals surface area (Å²) in [4.78, 5) is 22.5. The van der Waals surface area contributed by atoms with E-state index in [1.165, 1.54) is 0 Å². The van der Waals surface area contributed by atoms with Crippen LogP contribution in [0.3, 0.4) is 0 Å². The normalized spacial score (nSPS) is 11.0. The molecule has 19 heavy (non-hydrogen) atoms. The second kappa shape index (κ2) is 6.06. The van der Waals surface area contributed by atoms with Gasteiger partial charge in [0.05, 0.1) is 0 Å². The van der Waals surface area contributed by atoms with Gasteiger partial charge in [-0.1, -0.05) is 0 Å². The van der Waals surface area contributed by atoms with Crippen LogP contribution in [0.2, 0.25) is 0 Å². The van der Waals surface area contributed by atoms with Crippen molar-refractivity contribution in [3.63, 3.8) is 0 Å². The molecule has 0 aliphatic carbocycles. The fourth-order valence-electron chi connectivity index (χ4n) is 1.44. The standard InChI is InChI=1S/C14H17ClO4/c1-9-7-10(13(15)17)5-6-11(9)18-8-12(16)19-14(2,3)4/h5-7H,8H2,1-4H3. The summed E-state index contributed by atoms with van der Waals surface area (Å²) in [5.74, 6) is 0.0805. The third-order valence-corrected chi connectivity index (χ3v) is 2.39. The van der Waals surface area contributed by atoms with Gasteiger partial charge in [0.25, 0.3) is 5.24 Å². The van der Waals surface area contributed by atoms with Gasteiger partial charge in [0.15, 0.2) is 6.61 Å². The van der Waals surface area contributed by atoms with E-state index in [9.17, 15) is 9.59 Å². The van der Waals surface area contributed by atoms with E-state index in [0.29, 0.717) is 11.3 Å². The number of carbonyl (C=O) groups excluding carboxylic acids is 2. The van der Waals surface area contributed by atoms with Gasteiger partial charge in [-0.25, -0.2) is 4.79 Å². The summed E-state index contributed by atoms with van der Waals surface area (Å²) in [5, 5.41) is -0.526. The van der Waals surface area contributed by atoms with Gasteiger partial charge in [0, 0.05) is 5.56 Å². The molecule has 0 atom stereocenters. The molecule has 0 radical (unpaired) electrons. The number of rotatable bonds is 4. The Morgan fingerprint density at radius 1 is 1.26 bits per heavy atom. The molecule has 4 nitrogen and oxygen atoms in total. The number of carbonyl (C=O) groups is 2. The quantitative estimate of drug-likeness (QED) is 0.630. The molecule has 0 unspecified atom stereocenters. The average molecular weight is 285 g/mol. The van der Waals surface area contributed by atoms with E-state index in [2.05, 4.69) is 0 Å². The molecule has 0 fully saturated rings. The zero-order valence-electron chi connectivity index (χ0n) is 11.5. The molecule has 104 valence electrons. The molecule has 1 rings (SSSR count). The first-order valence-electron chi connectivity index (χ1n) is 5.84. The monoisotopic (exact) mass is 284 g/mol. The number of aryl methyl sites for hydroxylation is 1. The summed E-state index contributed by atoms with van der Waals surface area (Å²) in [6.45, 7) is 6.96. The maximum atomic E-state index is 11.5. The Balaban J connectivity index is 2.64. The van der Waals surface area contributed by atoms with Crippen molar-refractivity contribution >= 4 is 22.8 Å². The molecular weight excluding hydrogens is 268 g/mol. The highest BCUT2D eigenvalue weighted by molar-refractivity contribution is 6.67. The van der Waals surface area contributed by atoms with E-state index in [4.69, 9.17) is 21.1 Å². The van der Waals surface area contributed by atoms with Gasteiger partial charge in [-0.05, 0) is 63.1 Å². The van der Waals surface area contributed by atoms with E-state index >= 15 is 0 Å². The lowest BCUT2D eigenvalue weighted by atomic mass is 10.1. The Kier molecular flexibility index (Phi) is 4.95. The zero-order chi connectivity index (χ0) is 14.6. The van der Waals surface area contributed by atoms with Crippen molar-refractivity contribution in [2.24, 2.45) is 0 Å². The lowest BCUT2D eigenvalue weighted by molar-refractivity contribution is -0.157. The first-order chi connectivity index (χ1) is 8.69. The number of benzene rings is 1. The molecule has 0 amide bonds. The molecule has 0 aliphatic rings. The summed E-state index contributed by atoms with van der Waals surface area (Å²) in [7, 11) is 0. The van der Waals surface area contributed by atoms with Crippen LogP contribution >= 0.6 is 11.6 Å². The maximum Gasteiger partial charge on any atom is 0.344 e. The molecule has 0 saturated carbocycles. The third-order valence-electron chi connectivity index (χ3n) is 2.17. The predicted molar refractivity (Wildman–Crippen MR) is 72.7 cm³/mol. The van der Waals surface area contributed by atoms with Crippen molar-refractivity contribution < 1.29 is 19.1 Å². The summed E-state index contributed by atoms with van der Waals surface area (Å²) >= 11 is 5.37. The van der Waals surface area contributed by atoms with Crippen LogP contribution in [0.5, 0.6) is 5.75 Å². The number of ether oxygens (including phenoxy) is 2. The Labute approximate surface area is 117 Å². The summed E-state index contributed by atoms with van der Waals surface area (Å²) in [6, 6.07) is 4.77. The summed E-state index contributed by atoms with van der Waals surface area (Å²) in [5.41, 5.74) is 0.587. The molecule has 1 aromatic carbocycles. The minimum Gasteiger partial charge on any atom is -0.482 e. The molecule has 0 N–H and O–H groups in total. The van der Waals surface area contributed by atoms with Crippen LogP contribution in [0.15, 0.2) is 18.2 Å². The van der Waals surface area contributed by atoms with E-state index < -0.39 is 16.8 Å². The van der Waals surface area contributed by atoms with Crippen LogP contribution in [-0.2, 0) is 9.53 Å². The minimum atomic E-state index is -0.537. The Morgan fingerprint density at radius 3 is 2.37 bits per heavy atom. The van der Waals surface area contributed by atoms with Crippen LogP contribution in [0, 0.1) is 6.92 Å². The number of hydrogen-bond acceptors (Lipinski definition) is 4. The molecule has 0 aliphatic heterocycles. The second-order valence-electron chi connectivity index (χ2n) is 5.13. The summed E-state index contributed by atoms with van der Waals surface area (Å²) < 4.78 is 10.5. The average Bonchev–Trinajstić information content (AvgIpc) is 2.24. The Hall–Kier alpha value is -1.55. The number of esters is 1. The van der Waals surface area contributed by atoms with Crippen LogP contribution in [-0.4, -0.2) is 23.4 Å². The van der Waals surface area contributed by atoms with Crippen molar-refractivity contribution in [2.75, 3.05) is 6.61 Å². The molecule has 0 bridgehead atoms. The second-order valence-corrected chi connectivity index (χ2v) is 5.47. The van der Waals surface area contributed by atoms with Gasteiger partial charge in [-0.15, -0.1) is 0 Å². The summed E-state index contributed by atoms with van der Waals surface area (Å²) in [6.07, 6.45) is 0. The number of hydrogen-bond donors (Lipinski definition) is 0. The molecule has 0 heterocycles. The third kappa shape index (κ3) is 5.30. The minimum absolute atomic E-state index is 0.174. The first-order valence-corrected chi connectivity index (χ1v) is 6.22. The van der Waals surface area contributed by atoms with Gasteiger partial charge in [0.1, 0.15) is 11.4 Å². The molecule has 1 aromatic rings. The molecular formula is C14H17ClO4. The van der Waals surface area contributed by atoms with Crippen LogP contribution in [0.25, 0.3) is 0 Å². The van der Waals surface area contributed by atoms with E-state index in [1.807, 2.05) is 0 Å². The topological polar surface area (TPSA) is 52.6 Å². The lowest BCUT2D eigenvalue weighted by Gasteiger charge is -2.19. The number of halogens is 1. The molecule has 5 heteroatoms. The zero-order valence-corrected chi connectivity index (χ0v) is 12.2. The lowest BCUT2D eigenvalue weighted by Crippen LogP contribution is -2.27. The SMILES string of the molecule is Cc1cc(C(=O)Cl)ccc1OCC(=O)OC(C)(C)C. The van der Waals surface area contributed by atoms with E-state index in [1.54, 1.807) is 45.9 Å². The maximum absolute atomic E-state index is 11.5. The highest BCUT2D eigenvalue weighted by Gasteiger charge is 2.17. The predicted octanol–water partition coefficient (Wildman–Crippen LogP) is 3.09. The molecule has 0 spiro atoms. The van der Waals surface area contributed by atoms with Crippen LogP contribution in [0.1, 0.15) is 36.7 Å². The van der Waals surface area contributed by atoms with E-state index in [-0.39, 0.29) is 6.61 Å². The van der Waals surface area contributed by atoms with Crippen molar-refractivity contribution in [2.45, 2.75) is 33.3 Å². The van der Waals surface area contributed by atoms with Crippen molar-refractivity contribution in [3.05, 3.63) is 29.3 Å². The fourth-order valence-corrected chi connectivity index (χ4v) is 1.56. The van der Waals surface area contributed by atoms with Gasteiger partial charge < -0.3 is 9.47 Å². The molecule has 0 saturated heterocycles. The van der Waals surface area contributed by atoms with Gasteiger partial charge in [0.2, 0.25) is 0 Å².